The van der Waals surface area contributed by atoms with Crippen LogP contribution in [0.1, 0.15) is 26.4 Å². The van der Waals surface area contributed by atoms with Crippen molar-refractivity contribution in [1.29, 1.82) is 5.26 Å². The molecular weight excluding hydrogens is 478 g/mol. The fourth-order valence-corrected chi connectivity index (χ4v) is 4.34. The van der Waals surface area contributed by atoms with Crippen molar-refractivity contribution in [2.45, 2.75) is 23.9 Å². The minimum atomic E-state index is -2.02. The molecule has 0 amide bonds. The van der Waals surface area contributed by atoms with E-state index in [0.29, 0.717) is 5.52 Å². The number of nitrogens with two attached hydrogens (primary N) is 1. The lowest BCUT2D eigenvalue weighted by Gasteiger charge is -2.28. The van der Waals surface area contributed by atoms with E-state index in [9.17, 15) is 20.0 Å². The fourth-order valence-electron chi connectivity index (χ4n) is 4.34. The van der Waals surface area contributed by atoms with Crippen molar-refractivity contribution in [2.24, 2.45) is 0 Å². The summed E-state index contributed by atoms with van der Waals surface area (Å²) in [4.78, 5) is 30.1. The normalized spacial score (nSPS) is 22.9. The molecule has 4 unspecified atom stereocenters. The lowest BCUT2D eigenvalue weighted by molar-refractivity contribution is -0.0696. The van der Waals surface area contributed by atoms with Gasteiger partial charge < -0.3 is 25.1 Å². The van der Waals surface area contributed by atoms with E-state index >= 15 is 0 Å². The van der Waals surface area contributed by atoms with Crippen molar-refractivity contribution in [1.82, 2.24) is 14.6 Å². The van der Waals surface area contributed by atoms with Crippen LogP contribution in [0.3, 0.4) is 0 Å². The standard InChI is InChI=1S/C26H21N5O6/c27-14-26(20-12-11-18-23(28)29-15-30-31(18)20)22(36-25(34)17-9-5-2-6-10-17)21(19(13-32)37-26)35-24(33)16-7-3-1-4-8-16/h1-12,15,19,21-22,32H,13H2,(H2,28,29,30). The van der Waals surface area contributed by atoms with E-state index in [0.717, 1.165) is 0 Å². The number of carbonyl (C=O) groups is 2. The number of hydrogen-bond donors (Lipinski definition) is 2. The Morgan fingerprint density at radius 2 is 1.65 bits per heavy atom. The number of carbonyl (C=O) groups excluding carboxylic acids is 2. The van der Waals surface area contributed by atoms with Gasteiger partial charge >= 0.3 is 11.9 Å². The van der Waals surface area contributed by atoms with Crippen LogP contribution in [0.5, 0.6) is 0 Å². The summed E-state index contributed by atoms with van der Waals surface area (Å²) in [6.45, 7) is -0.629. The van der Waals surface area contributed by atoms with E-state index in [1.54, 1.807) is 66.7 Å². The highest BCUT2D eigenvalue weighted by Crippen LogP contribution is 2.43. The van der Waals surface area contributed by atoms with Crippen molar-refractivity contribution in [3.05, 3.63) is 95.9 Å². The lowest BCUT2D eigenvalue weighted by atomic mass is 9.92. The summed E-state index contributed by atoms with van der Waals surface area (Å²) < 4.78 is 18.9. The van der Waals surface area contributed by atoms with Crippen molar-refractivity contribution in [3.8, 4) is 6.07 Å². The summed E-state index contributed by atoms with van der Waals surface area (Å²) in [6.07, 6.45) is -2.82. The van der Waals surface area contributed by atoms with E-state index in [1.165, 1.54) is 16.9 Å². The van der Waals surface area contributed by atoms with E-state index in [-0.39, 0.29) is 22.6 Å². The van der Waals surface area contributed by atoms with Gasteiger partial charge in [0.2, 0.25) is 5.60 Å². The lowest BCUT2D eigenvalue weighted by Crippen LogP contribution is -2.46. The number of aromatic nitrogens is 3. The maximum atomic E-state index is 13.1. The van der Waals surface area contributed by atoms with Crippen LogP contribution >= 0.6 is 0 Å². The van der Waals surface area contributed by atoms with Crippen molar-refractivity contribution < 1.29 is 28.9 Å². The zero-order chi connectivity index (χ0) is 26.0. The third kappa shape index (κ3) is 4.14. The van der Waals surface area contributed by atoms with Gasteiger partial charge in [0.1, 0.15) is 24.0 Å². The number of anilines is 1. The van der Waals surface area contributed by atoms with Crippen molar-refractivity contribution in [2.75, 3.05) is 12.3 Å². The van der Waals surface area contributed by atoms with Gasteiger partial charge in [-0.15, -0.1) is 0 Å². The Morgan fingerprint density at radius 3 is 2.24 bits per heavy atom. The number of hydrogen-bond acceptors (Lipinski definition) is 10. The number of nitriles is 1. The number of nitrogen functional groups attached to an aromatic ring is 1. The zero-order valence-corrected chi connectivity index (χ0v) is 19.3. The summed E-state index contributed by atoms with van der Waals surface area (Å²) in [5, 5.41) is 24.8. The van der Waals surface area contributed by atoms with Crippen molar-refractivity contribution >= 4 is 23.3 Å². The molecule has 0 spiro atoms. The Bertz CT molecular complexity index is 1490. The van der Waals surface area contributed by atoms with Crippen LogP contribution in [0.15, 0.2) is 79.1 Å². The smallest absolute Gasteiger partial charge is 0.338 e. The predicted octanol–water partition coefficient (Wildman–Crippen LogP) is 1.87. The molecule has 1 aliphatic heterocycles. The third-order valence-corrected chi connectivity index (χ3v) is 6.11. The average molecular weight is 499 g/mol. The number of aliphatic hydroxyl groups excluding tert-OH is 1. The Balaban J connectivity index is 1.62. The molecule has 3 heterocycles. The van der Waals surface area contributed by atoms with E-state index in [2.05, 4.69) is 16.2 Å². The summed E-state index contributed by atoms with van der Waals surface area (Å²) in [5.41, 5.74) is 4.92. The molecule has 1 aliphatic rings. The molecular formula is C26H21N5O6. The zero-order valence-electron chi connectivity index (χ0n) is 19.3. The second kappa shape index (κ2) is 9.69. The number of esters is 2. The highest BCUT2D eigenvalue weighted by Gasteiger charge is 2.62. The van der Waals surface area contributed by atoms with Gasteiger partial charge in [-0.3, -0.25) is 0 Å². The van der Waals surface area contributed by atoms with Gasteiger partial charge in [0.05, 0.1) is 23.4 Å². The maximum Gasteiger partial charge on any atom is 0.338 e. The molecule has 186 valence electrons. The van der Waals surface area contributed by atoms with Crippen LogP contribution in [0.4, 0.5) is 5.82 Å². The largest absolute Gasteiger partial charge is 0.452 e. The van der Waals surface area contributed by atoms with E-state index in [1.807, 2.05) is 0 Å². The van der Waals surface area contributed by atoms with Gasteiger partial charge in [-0.2, -0.15) is 10.4 Å². The number of nitrogens with zero attached hydrogens (tertiary/aromatic N) is 4. The number of rotatable bonds is 6. The monoisotopic (exact) mass is 499 g/mol. The molecule has 11 heteroatoms. The van der Waals surface area contributed by atoms with Gasteiger partial charge in [-0.1, -0.05) is 36.4 Å². The van der Waals surface area contributed by atoms with Crippen molar-refractivity contribution in [3.63, 3.8) is 0 Å². The Kier molecular flexibility index (Phi) is 6.27. The van der Waals surface area contributed by atoms with Crippen LogP contribution in [0.2, 0.25) is 0 Å². The average Bonchev–Trinajstić information content (AvgIpc) is 3.50. The topological polar surface area (TPSA) is 162 Å². The third-order valence-electron chi connectivity index (χ3n) is 6.11. The van der Waals surface area contributed by atoms with Gasteiger partial charge in [-0.05, 0) is 36.4 Å². The quantitative estimate of drug-likeness (QED) is 0.375. The first-order valence-electron chi connectivity index (χ1n) is 11.3. The molecule has 11 nitrogen and oxygen atoms in total. The Labute approximate surface area is 210 Å². The Morgan fingerprint density at radius 1 is 1.03 bits per heavy atom. The number of benzene rings is 2. The number of fused-ring (bicyclic) bond motifs is 1. The van der Waals surface area contributed by atoms with E-state index in [4.69, 9.17) is 19.9 Å². The predicted molar refractivity (Wildman–Crippen MR) is 128 cm³/mol. The van der Waals surface area contributed by atoms with Crippen LogP contribution < -0.4 is 5.73 Å². The van der Waals surface area contributed by atoms with Gasteiger partial charge in [0.25, 0.3) is 0 Å². The molecule has 0 radical (unpaired) electrons. The molecule has 37 heavy (non-hydrogen) atoms. The summed E-state index contributed by atoms with van der Waals surface area (Å²) in [6, 6.07) is 21.5. The van der Waals surface area contributed by atoms with Gasteiger partial charge in [-0.25, -0.2) is 19.1 Å². The minimum absolute atomic E-state index is 0.149. The van der Waals surface area contributed by atoms with Crippen LogP contribution in [0.25, 0.3) is 5.52 Å². The molecule has 1 saturated heterocycles. The minimum Gasteiger partial charge on any atom is -0.452 e. The number of aliphatic hydroxyl groups is 1. The molecule has 0 saturated carbocycles. The molecule has 1 fully saturated rings. The second-order valence-electron chi connectivity index (χ2n) is 8.28. The Hall–Kier alpha value is -4.79. The molecule has 2 aromatic heterocycles. The van der Waals surface area contributed by atoms with Crippen LogP contribution in [-0.2, 0) is 19.8 Å². The molecule has 5 rings (SSSR count). The first kappa shape index (κ1) is 23.9. The SMILES string of the molecule is N#CC1(c2ccc3c(N)ncnn23)OC(CO)C(OC(=O)c2ccccc2)C1OC(=O)c1ccccc1. The van der Waals surface area contributed by atoms with Crippen LogP contribution in [0, 0.1) is 11.3 Å². The highest BCUT2D eigenvalue weighted by atomic mass is 16.6. The molecule has 0 aliphatic carbocycles. The van der Waals surface area contributed by atoms with Crippen LogP contribution in [-0.4, -0.2) is 56.6 Å². The maximum absolute atomic E-state index is 13.1. The number of ether oxygens (including phenoxy) is 3. The fraction of sp³-hybridized carbons (Fsp3) is 0.192. The molecule has 2 aromatic carbocycles. The summed E-state index contributed by atoms with van der Waals surface area (Å²) >= 11 is 0. The second-order valence-corrected chi connectivity index (χ2v) is 8.28. The van der Waals surface area contributed by atoms with E-state index < -0.39 is 42.5 Å². The molecule has 4 atom stereocenters. The first-order valence-corrected chi connectivity index (χ1v) is 11.3. The highest BCUT2D eigenvalue weighted by molar-refractivity contribution is 5.90. The molecule has 0 bridgehead atoms. The first-order chi connectivity index (χ1) is 18.0. The summed E-state index contributed by atoms with van der Waals surface area (Å²) in [5.74, 6) is -1.37. The van der Waals surface area contributed by atoms with Gasteiger partial charge in [0.15, 0.2) is 18.0 Å². The van der Waals surface area contributed by atoms with Gasteiger partial charge in [0, 0.05) is 0 Å². The summed E-state index contributed by atoms with van der Waals surface area (Å²) in [7, 11) is 0. The molecule has 4 aromatic rings. The molecule has 3 N–H and O–H groups in total.